The van der Waals surface area contributed by atoms with Crippen LogP contribution in [0.3, 0.4) is 0 Å². The van der Waals surface area contributed by atoms with Crippen molar-refractivity contribution < 1.29 is 28.6 Å². The fourth-order valence-electron chi connectivity index (χ4n) is 3.80. The molecule has 1 atom stereocenters. The van der Waals surface area contributed by atoms with Gasteiger partial charge in [-0.2, -0.15) is 0 Å². The van der Waals surface area contributed by atoms with E-state index in [1.807, 2.05) is 19.0 Å². The summed E-state index contributed by atoms with van der Waals surface area (Å²) in [6, 6.07) is 10.0. The number of halogens is 1. The monoisotopic (exact) mass is 442 g/mol. The van der Waals surface area contributed by atoms with Crippen LogP contribution >= 0.6 is 0 Å². The molecule has 3 rings (SSSR count). The molecule has 0 saturated carbocycles. The molecule has 0 radical (unpaired) electrons. The Bertz CT molecular complexity index is 1050. The van der Waals surface area contributed by atoms with Gasteiger partial charge in [0.25, 0.3) is 11.7 Å². The number of aliphatic hydroxyl groups is 1. The van der Waals surface area contributed by atoms with Gasteiger partial charge in [0.05, 0.1) is 25.8 Å². The minimum atomic E-state index is -0.822. The Balaban J connectivity index is 2.12. The molecule has 1 fully saturated rings. The maximum Gasteiger partial charge on any atom is 0.295 e. The summed E-state index contributed by atoms with van der Waals surface area (Å²) in [7, 11) is 6.70. The summed E-state index contributed by atoms with van der Waals surface area (Å²) in [5, 5.41) is 11.0. The van der Waals surface area contributed by atoms with Crippen LogP contribution in [0, 0.1) is 5.82 Å². The van der Waals surface area contributed by atoms with Crippen molar-refractivity contribution in [2.75, 3.05) is 41.4 Å². The fraction of sp³-hybridized carbons (Fsp3) is 0.333. The van der Waals surface area contributed by atoms with Crippen molar-refractivity contribution in [3.8, 4) is 11.5 Å². The van der Waals surface area contributed by atoms with E-state index in [2.05, 4.69) is 0 Å². The Hall–Kier alpha value is -3.39. The van der Waals surface area contributed by atoms with E-state index in [0.717, 1.165) is 12.6 Å². The van der Waals surface area contributed by atoms with Crippen molar-refractivity contribution in [2.24, 2.45) is 0 Å². The van der Waals surface area contributed by atoms with Gasteiger partial charge in [-0.3, -0.25) is 9.59 Å². The number of nitrogens with zero attached hydrogens (tertiary/aromatic N) is 2. The van der Waals surface area contributed by atoms with Gasteiger partial charge >= 0.3 is 0 Å². The Kier molecular flexibility index (Phi) is 7.15. The maximum absolute atomic E-state index is 14.3. The number of methoxy groups -OCH3 is 2. The van der Waals surface area contributed by atoms with Gasteiger partial charge in [-0.05, 0) is 63.0 Å². The number of amides is 1. The molecule has 0 unspecified atom stereocenters. The number of rotatable bonds is 8. The third-order valence-electron chi connectivity index (χ3n) is 5.38. The van der Waals surface area contributed by atoms with Crippen molar-refractivity contribution in [1.82, 2.24) is 9.80 Å². The summed E-state index contributed by atoms with van der Waals surface area (Å²) in [6.45, 7) is 1.04. The molecule has 0 spiro atoms. The highest BCUT2D eigenvalue weighted by molar-refractivity contribution is 6.46. The van der Waals surface area contributed by atoms with Gasteiger partial charge in [0.1, 0.15) is 11.5 Å². The van der Waals surface area contributed by atoms with Crippen molar-refractivity contribution in [3.05, 3.63) is 65.0 Å². The quantitative estimate of drug-likeness (QED) is 0.384. The molecule has 7 nitrogen and oxygen atoms in total. The number of benzene rings is 2. The zero-order valence-corrected chi connectivity index (χ0v) is 18.6. The Morgan fingerprint density at radius 1 is 1.12 bits per heavy atom. The van der Waals surface area contributed by atoms with Gasteiger partial charge in [-0.15, -0.1) is 0 Å². The highest BCUT2D eigenvalue weighted by atomic mass is 19.1. The van der Waals surface area contributed by atoms with Gasteiger partial charge in [0.15, 0.2) is 11.6 Å². The number of aliphatic hydroxyl groups excluding tert-OH is 1. The van der Waals surface area contributed by atoms with Crippen molar-refractivity contribution in [3.63, 3.8) is 0 Å². The van der Waals surface area contributed by atoms with Crippen LogP contribution in [0.1, 0.15) is 23.6 Å². The second-order valence-electron chi connectivity index (χ2n) is 7.78. The first kappa shape index (κ1) is 23.3. The molecule has 1 amide bonds. The van der Waals surface area contributed by atoms with Crippen molar-refractivity contribution in [2.45, 2.75) is 12.5 Å². The lowest BCUT2D eigenvalue weighted by Crippen LogP contribution is -2.32. The summed E-state index contributed by atoms with van der Waals surface area (Å²) in [5.41, 5.74) is 0.615. The average Bonchev–Trinajstić information content (AvgIpc) is 3.03. The third-order valence-corrected chi connectivity index (χ3v) is 5.38. The van der Waals surface area contributed by atoms with Crippen LogP contribution in [0.15, 0.2) is 48.0 Å². The zero-order chi connectivity index (χ0) is 23.4. The van der Waals surface area contributed by atoms with Crippen LogP contribution in [0.2, 0.25) is 0 Å². The van der Waals surface area contributed by atoms with Gasteiger partial charge in [0, 0.05) is 12.1 Å². The lowest BCUT2D eigenvalue weighted by atomic mass is 9.95. The number of ketones is 1. The summed E-state index contributed by atoms with van der Waals surface area (Å²) >= 11 is 0. The van der Waals surface area contributed by atoms with E-state index in [4.69, 9.17) is 9.47 Å². The first-order chi connectivity index (χ1) is 15.3. The van der Waals surface area contributed by atoms with Crippen LogP contribution in [0.4, 0.5) is 4.39 Å². The smallest absolute Gasteiger partial charge is 0.295 e. The molecule has 1 aliphatic rings. The topological polar surface area (TPSA) is 79.3 Å². The number of hydrogen-bond acceptors (Lipinski definition) is 6. The molecule has 0 bridgehead atoms. The second-order valence-corrected chi connectivity index (χ2v) is 7.78. The van der Waals surface area contributed by atoms with E-state index < -0.39 is 29.3 Å². The van der Waals surface area contributed by atoms with Gasteiger partial charge in [-0.25, -0.2) is 4.39 Å². The maximum atomic E-state index is 14.3. The van der Waals surface area contributed by atoms with E-state index in [1.54, 1.807) is 24.3 Å². The number of hydrogen-bond donors (Lipinski definition) is 1. The van der Waals surface area contributed by atoms with Gasteiger partial charge < -0.3 is 24.4 Å². The minimum absolute atomic E-state index is 0.00929. The van der Waals surface area contributed by atoms with Crippen LogP contribution in [0.5, 0.6) is 11.5 Å². The predicted molar refractivity (Wildman–Crippen MR) is 118 cm³/mol. The Morgan fingerprint density at radius 3 is 2.50 bits per heavy atom. The van der Waals surface area contributed by atoms with Crippen molar-refractivity contribution in [1.29, 1.82) is 0 Å². The molecule has 0 aromatic heterocycles. The summed E-state index contributed by atoms with van der Waals surface area (Å²) < 4.78 is 24.5. The third kappa shape index (κ3) is 4.60. The lowest BCUT2D eigenvalue weighted by Gasteiger charge is -2.26. The number of likely N-dealkylation sites (tertiary alicyclic amines) is 1. The number of ether oxygens (including phenoxy) is 2. The molecular weight excluding hydrogens is 415 g/mol. The lowest BCUT2D eigenvalue weighted by molar-refractivity contribution is -0.139. The fourth-order valence-corrected chi connectivity index (χ4v) is 3.80. The first-order valence-electron chi connectivity index (χ1n) is 10.2. The number of carbonyl (C=O) groups excluding carboxylic acids is 2. The molecule has 1 aliphatic heterocycles. The average molecular weight is 442 g/mol. The Morgan fingerprint density at radius 2 is 1.88 bits per heavy atom. The van der Waals surface area contributed by atoms with Gasteiger partial charge in [0.2, 0.25) is 0 Å². The predicted octanol–water partition coefficient (Wildman–Crippen LogP) is 3.22. The molecule has 0 aliphatic carbocycles. The summed E-state index contributed by atoms with van der Waals surface area (Å²) in [5.74, 6) is -2.07. The summed E-state index contributed by atoms with van der Waals surface area (Å²) in [4.78, 5) is 29.4. The molecular formula is C24H27FN2O5. The normalized spacial score (nSPS) is 17.8. The standard InChI is InChI=1S/C24H27FN2O5/c1-26(2)11-6-12-27-21(15-7-5-8-17(13-15)31-3)20(23(29)24(27)30)22(28)16-9-10-19(32-4)18(25)14-16/h5,7-10,13-14,21,28H,6,11-12H2,1-4H3/t21-/m1/s1. The largest absolute Gasteiger partial charge is 0.507 e. The minimum Gasteiger partial charge on any atom is -0.507 e. The van der Waals surface area contributed by atoms with Crippen molar-refractivity contribution >= 4 is 17.4 Å². The zero-order valence-electron chi connectivity index (χ0n) is 18.6. The van der Waals surface area contributed by atoms with Crippen LogP contribution in [0.25, 0.3) is 5.76 Å². The number of Topliss-reactive ketones (excluding diaryl/α,β-unsaturated/α-hetero) is 1. The molecule has 1 heterocycles. The molecule has 32 heavy (non-hydrogen) atoms. The van der Waals surface area contributed by atoms with Crippen LogP contribution in [-0.2, 0) is 9.59 Å². The molecule has 1 saturated heterocycles. The molecule has 170 valence electrons. The van der Waals surface area contributed by atoms with E-state index >= 15 is 0 Å². The second kappa shape index (κ2) is 9.82. The highest BCUT2D eigenvalue weighted by Crippen LogP contribution is 2.40. The molecule has 2 aromatic carbocycles. The molecule has 2 aromatic rings. The van der Waals surface area contributed by atoms with Gasteiger partial charge in [-0.1, -0.05) is 12.1 Å². The van der Waals surface area contributed by atoms with Crippen LogP contribution < -0.4 is 9.47 Å². The van der Waals surface area contributed by atoms with E-state index in [1.165, 1.54) is 31.3 Å². The van der Waals surface area contributed by atoms with E-state index in [-0.39, 0.29) is 16.9 Å². The Labute approximate surface area is 186 Å². The first-order valence-corrected chi connectivity index (χ1v) is 10.2. The molecule has 1 N–H and O–H groups in total. The highest BCUT2D eigenvalue weighted by Gasteiger charge is 2.46. The SMILES string of the molecule is COc1cccc([C@@H]2C(=C(O)c3ccc(OC)c(F)c3)C(=O)C(=O)N2CCCN(C)C)c1. The number of carbonyl (C=O) groups is 2. The van der Waals surface area contributed by atoms with Crippen LogP contribution in [-0.4, -0.2) is 68.0 Å². The summed E-state index contributed by atoms with van der Waals surface area (Å²) in [6.07, 6.45) is 0.637. The van der Waals surface area contributed by atoms with E-state index in [9.17, 15) is 19.1 Å². The molecule has 8 heteroatoms. The van der Waals surface area contributed by atoms with E-state index in [0.29, 0.717) is 24.3 Å².